The van der Waals surface area contributed by atoms with E-state index in [-0.39, 0.29) is 12.1 Å². The quantitative estimate of drug-likeness (QED) is 0.777. The molecule has 24 heavy (non-hydrogen) atoms. The summed E-state index contributed by atoms with van der Waals surface area (Å²) in [6.45, 7) is 4.74. The summed E-state index contributed by atoms with van der Waals surface area (Å²) < 4.78 is 5.53. The molecule has 0 bridgehead atoms. The SMILES string of the molecule is COc1ccccc1[C@@H]1C2=C(NC[C@@H]1O)C1NC(C)=C(C)N1C=C2. The number of hydrogen-bond donors (Lipinski definition) is 3. The second-order valence-electron chi connectivity index (χ2n) is 6.52. The standard InChI is InChI=1S/C19H23N3O2/c1-11-12(2)22-9-8-14-17(13-6-4-5-7-16(13)24-3)15(23)10-20-18(14)19(22)21-11/h4-9,15,17,19-21,23H,10H2,1-3H3/t15-,17+,19?/m0/s1. The minimum atomic E-state index is -0.493. The number of para-hydroxylation sites is 1. The molecule has 0 fully saturated rings. The highest BCUT2D eigenvalue weighted by atomic mass is 16.5. The molecule has 0 amide bonds. The van der Waals surface area contributed by atoms with Gasteiger partial charge in [0.1, 0.15) is 11.9 Å². The highest BCUT2D eigenvalue weighted by Crippen LogP contribution is 2.42. The van der Waals surface area contributed by atoms with E-state index in [0.717, 1.165) is 22.6 Å². The van der Waals surface area contributed by atoms with E-state index in [9.17, 15) is 5.11 Å². The van der Waals surface area contributed by atoms with Crippen LogP contribution in [0.3, 0.4) is 0 Å². The Morgan fingerprint density at radius 1 is 1.25 bits per heavy atom. The van der Waals surface area contributed by atoms with Crippen LogP contribution in [0.2, 0.25) is 0 Å². The van der Waals surface area contributed by atoms with Gasteiger partial charge in [-0.2, -0.15) is 0 Å². The van der Waals surface area contributed by atoms with Crippen LogP contribution in [0.25, 0.3) is 0 Å². The minimum Gasteiger partial charge on any atom is -0.496 e. The first-order chi connectivity index (χ1) is 11.6. The number of rotatable bonds is 2. The van der Waals surface area contributed by atoms with Gasteiger partial charge in [0.15, 0.2) is 0 Å². The van der Waals surface area contributed by atoms with E-state index >= 15 is 0 Å². The van der Waals surface area contributed by atoms with Crippen LogP contribution in [0.4, 0.5) is 0 Å². The summed E-state index contributed by atoms with van der Waals surface area (Å²) in [6, 6.07) is 7.95. The Morgan fingerprint density at radius 3 is 2.83 bits per heavy atom. The molecule has 0 saturated heterocycles. The van der Waals surface area contributed by atoms with Crippen molar-refractivity contribution in [2.45, 2.75) is 32.0 Å². The van der Waals surface area contributed by atoms with Gasteiger partial charge in [0.2, 0.25) is 0 Å². The normalized spacial score (nSPS) is 28.3. The van der Waals surface area contributed by atoms with Crippen LogP contribution in [0.1, 0.15) is 25.3 Å². The van der Waals surface area contributed by atoms with Gasteiger partial charge in [0.05, 0.1) is 18.9 Å². The van der Waals surface area contributed by atoms with Gasteiger partial charge < -0.3 is 25.4 Å². The van der Waals surface area contributed by atoms with E-state index in [1.807, 2.05) is 24.3 Å². The first-order valence-electron chi connectivity index (χ1n) is 8.31. The molecule has 126 valence electrons. The van der Waals surface area contributed by atoms with Gasteiger partial charge in [-0.15, -0.1) is 0 Å². The van der Waals surface area contributed by atoms with E-state index in [1.165, 1.54) is 11.4 Å². The molecule has 0 aliphatic carbocycles. The predicted molar refractivity (Wildman–Crippen MR) is 93.0 cm³/mol. The first-order valence-corrected chi connectivity index (χ1v) is 8.31. The number of fused-ring (bicyclic) bond motifs is 2. The van der Waals surface area contributed by atoms with Crippen molar-refractivity contribution in [3.05, 3.63) is 64.8 Å². The number of nitrogens with zero attached hydrogens (tertiary/aromatic N) is 1. The van der Waals surface area contributed by atoms with Crippen molar-refractivity contribution in [3.63, 3.8) is 0 Å². The lowest BCUT2D eigenvalue weighted by Crippen LogP contribution is -2.49. The second-order valence-corrected chi connectivity index (χ2v) is 6.52. The van der Waals surface area contributed by atoms with Crippen molar-refractivity contribution in [2.24, 2.45) is 0 Å². The summed E-state index contributed by atoms with van der Waals surface area (Å²) in [5.41, 5.74) is 5.69. The largest absolute Gasteiger partial charge is 0.496 e. The zero-order valence-electron chi connectivity index (χ0n) is 14.2. The molecule has 5 heteroatoms. The van der Waals surface area contributed by atoms with E-state index in [0.29, 0.717) is 6.54 Å². The topological polar surface area (TPSA) is 56.8 Å². The lowest BCUT2D eigenvalue weighted by molar-refractivity contribution is 0.142. The average molecular weight is 325 g/mol. The van der Waals surface area contributed by atoms with Crippen LogP contribution < -0.4 is 15.4 Å². The van der Waals surface area contributed by atoms with Gasteiger partial charge >= 0.3 is 0 Å². The molecule has 0 spiro atoms. The van der Waals surface area contributed by atoms with Crippen LogP contribution in [0, 0.1) is 0 Å². The van der Waals surface area contributed by atoms with Crippen molar-refractivity contribution in [3.8, 4) is 5.75 Å². The number of ether oxygens (including phenoxy) is 1. The van der Waals surface area contributed by atoms with Crippen LogP contribution >= 0.6 is 0 Å². The minimum absolute atomic E-state index is 0.0784. The van der Waals surface area contributed by atoms with E-state index < -0.39 is 6.10 Å². The van der Waals surface area contributed by atoms with E-state index in [4.69, 9.17) is 4.74 Å². The summed E-state index contributed by atoms with van der Waals surface area (Å²) in [6.07, 6.45) is 3.80. The maximum absolute atomic E-state index is 10.7. The summed E-state index contributed by atoms with van der Waals surface area (Å²) in [5.74, 6) is 0.717. The number of hydrogen-bond acceptors (Lipinski definition) is 5. The molecular formula is C19H23N3O2. The number of aliphatic hydroxyl groups excluding tert-OH is 1. The molecule has 1 aromatic carbocycles. The fourth-order valence-electron chi connectivity index (χ4n) is 3.89. The Hall–Kier alpha value is -2.40. The Morgan fingerprint density at radius 2 is 2.04 bits per heavy atom. The summed E-state index contributed by atoms with van der Waals surface area (Å²) in [4.78, 5) is 2.23. The number of nitrogens with one attached hydrogen (secondary N) is 2. The van der Waals surface area contributed by atoms with Gasteiger partial charge in [-0.25, -0.2) is 0 Å². The number of β-amino-alcohol motifs (C(OH)–C–C–N with tert-alkyl or cyclic N) is 1. The molecule has 1 aromatic rings. The maximum Gasteiger partial charge on any atom is 0.144 e. The fourth-order valence-corrected chi connectivity index (χ4v) is 3.89. The molecule has 3 atom stereocenters. The first kappa shape index (κ1) is 15.1. The highest BCUT2D eigenvalue weighted by molar-refractivity contribution is 5.50. The smallest absolute Gasteiger partial charge is 0.144 e. The van der Waals surface area contributed by atoms with Gasteiger partial charge in [-0.1, -0.05) is 18.2 Å². The summed E-state index contributed by atoms with van der Waals surface area (Å²) in [7, 11) is 1.68. The summed E-state index contributed by atoms with van der Waals surface area (Å²) >= 11 is 0. The van der Waals surface area contributed by atoms with Crippen LogP contribution in [-0.2, 0) is 0 Å². The highest BCUT2D eigenvalue weighted by Gasteiger charge is 2.40. The van der Waals surface area contributed by atoms with Crippen LogP contribution in [0.15, 0.2) is 59.2 Å². The molecule has 1 unspecified atom stereocenters. The summed E-state index contributed by atoms with van der Waals surface area (Å²) in [5, 5.41) is 17.7. The van der Waals surface area contributed by atoms with Crippen LogP contribution in [-0.4, -0.2) is 35.9 Å². The van der Waals surface area contributed by atoms with Gasteiger partial charge in [0.25, 0.3) is 0 Å². The van der Waals surface area contributed by atoms with Gasteiger partial charge in [-0.3, -0.25) is 0 Å². The zero-order chi connectivity index (χ0) is 16.8. The molecule has 3 aliphatic rings. The molecule has 3 heterocycles. The molecule has 3 aliphatic heterocycles. The Balaban J connectivity index is 1.79. The third-order valence-corrected chi connectivity index (χ3v) is 5.26. The third kappa shape index (κ3) is 2.12. The van der Waals surface area contributed by atoms with E-state index in [1.54, 1.807) is 7.11 Å². The van der Waals surface area contributed by atoms with Crippen molar-refractivity contribution < 1.29 is 9.84 Å². The lowest BCUT2D eigenvalue weighted by atomic mass is 9.80. The zero-order valence-corrected chi connectivity index (χ0v) is 14.2. The number of aliphatic hydroxyl groups is 1. The van der Waals surface area contributed by atoms with Crippen molar-refractivity contribution in [2.75, 3.05) is 13.7 Å². The molecular weight excluding hydrogens is 302 g/mol. The lowest BCUT2D eigenvalue weighted by Gasteiger charge is -2.40. The van der Waals surface area contributed by atoms with Crippen molar-refractivity contribution >= 4 is 0 Å². The Bertz CT molecular complexity index is 766. The second kappa shape index (κ2) is 5.60. The fraction of sp³-hybridized carbons (Fsp3) is 0.368. The number of allylic oxidation sites excluding steroid dienone is 3. The van der Waals surface area contributed by atoms with Gasteiger partial charge in [-0.05, 0) is 31.6 Å². The van der Waals surface area contributed by atoms with Crippen molar-refractivity contribution in [1.29, 1.82) is 0 Å². The molecule has 4 rings (SSSR count). The maximum atomic E-state index is 10.7. The van der Waals surface area contributed by atoms with E-state index in [2.05, 4.69) is 41.7 Å². The van der Waals surface area contributed by atoms with Gasteiger partial charge in [0, 0.05) is 35.6 Å². The third-order valence-electron chi connectivity index (χ3n) is 5.26. The molecule has 0 aromatic heterocycles. The monoisotopic (exact) mass is 325 g/mol. The number of benzene rings is 1. The molecule has 5 nitrogen and oxygen atoms in total. The van der Waals surface area contributed by atoms with Crippen LogP contribution in [0.5, 0.6) is 5.75 Å². The predicted octanol–water partition coefficient (Wildman–Crippen LogP) is 2.01. The molecule has 0 saturated carbocycles. The average Bonchev–Trinajstić information content (AvgIpc) is 2.89. The molecule has 3 N–H and O–H groups in total. The Kier molecular flexibility index (Phi) is 3.53. The van der Waals surface area contributed by atoms with Crippen molar-refractivity contribution in [1.82, 2.24) is 15.5 Å². The molecule has 0 radical (unpaired) electrons. The number of methoxy groups -OCH3 is 1. The Labute approximate surface area is 142 Å².